The third-order valence-corrected chi connectivity index (χ3v) is 3.08. The van der Waals surface area contributed by atoms with Crippen molar-refractivity contribution in [3.63, 3.8) is 0 Å². The molecule has 18 heavy (non-hydrogen) atoms. The molecule has 0 aliphatic rings. The van der Waals surface area contributed by atoms with Crippen LogP contribution in [0.4, 0.5) is 11.4 Å². The van der Waals surface area contributed by atoms with Gasteiger partial charge in [-0.1, -0.05) is 0 Å². The van der Waals surface area contributed by atoms with Crippen LogP contribution < -0.4 is 10.6 Å². The van der Waals surface area contributed by atoms with Gasteiger partial charge >= 0.3 is 0 Å². The molecule has 2 rings (SSSR count). The molecule has 0 saturated heterocycles. The Morgan fingerprint density at radius 1 is 1.11 bits per heavy atom. The predicted molar refractivity (Wildman–Crippen MR) is 78.0 cm³/mol. The van der Waals surface area contributed by atoms with Gasteiger partial charge in [0.2, 0.25) is 0 Å². The first-order chi connectivity index (χ1) is 8.59. The van der Waals surface area contributed by atoms with Crippen molar-refractivity contribution in [2.45, 2.75) is 0 Å². The van der Waals surface area contributed by atoms with Crippen molar-refractivity contribution in [1.82, 2.24) is 9.88 Å². The Bertz CT molecular complexity index is 536. The first-order valence-corrected chi connectivity index (χ1v) is 6.08. The van der Waals surface area contributed by atoms with E-state index in [0.717, 1.165) is 35.4 Å². The van der Waals surface area contributed by atoms with Gasteiger partial charge in [0.15, 0.2) is 0 Å². The lowest BCUT2D eigenvalue weighted by atomic mass is 10.1. The number of hydrogen-bond donors (Lipinski definition) is 1. The maximum absolute atomic E-state index is 5.98. The van der Waals surface area contributed by atoms with E-state index >= 15 is 0 Å². The highest BCUT2D eigenvalue weighted by Gasteiger charge is 2.09. The number of anilines is 2. The molecule has 4 nitrogen and oxygen atoms in total. The molecule has 0 unspecified atom stereocenters. The Balaban J connectivity index is 2.36. The molecule has 0 aliphatic carbocycles. The summed E-state index contributed by atoms with van der Waals surface area (Å²) in [5.74, 6) is 0. The smallest absolute Gasteiger partial charge is 0.0955 e. The maximum Gasteiger partial charge on any atom is 0.0955 e. The van der Waals surface area contributed by atoms with E-state index in [9.17, 15) is 0 Å². The summed E-state index contributed by atoms with van der Waals surface area (Å²) in [5.41, 5.74) is 8.86. The minimum absolute atomic E-state index is 0.780. The van der Waals surface area contributed by atoms with E-state index in [0.29, 0.717) is 0 Å². The van der Waals surface area contributed by atoms with Gasteiger partial charge in [0.25, 0.3) is 0 Å². The highest BCUT2D eigenvalue weighted by atomic mass is 15.2. The largest absolute Gasteiger partial charge is 0.398 e. The van der Waals surface area contributed by atoms with Crippen molar-refractivity contribution in [2.75, 3.05) is 44.9 Å². The molecule has 0 aliphatic heterocycles. The van der Waals surface area contributed by atoms with Gasteiger partial charge in [-0.05, 0) is 38.4 Å². The van der Waals surface area contributed by atoms with Crippen LogP contribution in [0.5, 0.6) is 0 Å². The van der Waals surface area contributed by atoms with Gasteiger partial charge in [0.05, 0.1) is 11.2 Å². The molecule has 0 saturated carbocycles. The lowest BCUT2D eigenvalue weighted by Crippen LogP contribution is -2.28. The van der Waals surface area contributed by atoms with Crippen LogP contribution in [-0.2, 0) is 0 Å². The fourth-order valence-corrected chi connectivity index (χ4v) is 1.96. The van der Waals surface area contributed by atoms with E-state index < -0.39 is 0 Å². The number of pyridine rings is 1. The van der Waals surface area contributed by atoms with Gasteiger partial charge in [0, 0.05) is 37.4 Å². The number of rotatable bonds is 4. The predicted octanol–water partition coefficient (Wildman–Crippen LogP) is 1.81. The number of hydrogen-bond acceptors (Lipinski definition) is 4. The van der Waals surface area contributed by atoms with Crippen LogP contribution in [0.1, 0.15) is 0 Å². The lowest BCUT2D eigenvalue weighted by molar-refractivity contribution is 0.416. The number of nitrogens with two attached hydrogens (primary N) is 1. The molecule has 1 aromatic carbocycles. The van der Waals surface area contributed by atoms with Crippen molar-refractivity contribution >= 4 is 22.3 Å². The summed E-state index contributed by atoms with van der Waals surface area (Å²) >= 11 is 0. The molecular formula is C14H20N4. The first-order valence-electron chi connectivity index (χ1n) is 6.08. The van der Waals surface area contributed by atoms with Crippen LogP contribution in [0.3, 0.4) is 0 Å². The van der Waals surface area contributed by atoms with Crippen LogP contribution in [0.25, 0.3) is 10.9 Å². The van der Waals surface area contributed by atoms with Gasteiger partial charge in [-0.15, -0.1) is 0 Å². The Hall–Kier alpha value is -1.81. The SMILES string of the molecule is CN(C)CCN(C)c1ccc(N)c2cccnc12. The zero-order chi connectivity index (χ0) is 13.1. The molecule has 96 valence electrons. The van der Waals surface area contributed by atoms with Gasteiger partial charge in [0.1, 0.15) is 0 Å². The maximum atomic E-state index is 5.98. The fourth-order valence-electron chi connectivity index (χ4n) is 1.96. The Kier molecular flexibility index (Phi) is 3.67. The normalized spacial score (nSPS) is 11.1. The Morgan fingerprint density at radius 3 is 2.61 bits per heavy atom. The van der Waals surface area contributed by atoms with E-state index in [1.165, 1.54) is 0 Å². The van der Waals surface area contributed by atoms with Gasteiger partial charge in [-0.25, -0.2) is 0 Å². The topological polar surface area (TPSA) is 45.4 Å². The number of likely N-dealkylation sites (N-methyl/N-ethyl adjacent to an activating group) is 2. The molecular weight excluding hydrogens is 224 g/mol. The molecule has 0 radical (unpaired) electrons. The summed E-state index contributed by atoms with van der Waals surface area (Å²) in [7, 11) is 6.24. The molecule has 0 spiro atoms. The quantitative estimate of drug-likeness (QED) is 0.833. The second-order valence-corrected chi connectivity index (χ2v) is 4.80. The van der Waals surface area contributed by atoms with Crippen LogP contribution in [0, 0.1) is 0 Å². The first kappa shape index (κ1) is 12.6. The lowest BCUT2D eigenvalue weighted by Gasteiger charge is -2.22. The van der Waals surface area contributed by atoms with E-state index in [1.807, 2.05) is 30.5 Å². The zero-order valence-electron chi connectivity index (χ0n) is 11.2. The molecule has 4 heteroatoms. The monoisotopic (exact) mass is 244 g/mol. The summed E-state index contributed by atoms with van der Waals surface area (Å²) in [4.78, 5) is 8.84. The Morgan fingerprint density at radius 2 is 1.89 bits per heavy atom. The average Bonchev–Trinajstić information content (AvgIpc) is 2.37. The molecule has 0 amide bonds. The van der Waals surface area contributed by atoms with Gasteiger partial charge in [-0.3, -0.25) is 4.98 Å². The zero-order valence-corrected chi connectivity index (χ0v) is 11.2. The molecule has 0 atom stereocenters. The van der Waals surface area contributed by atoms with Crippen LogP contribution in [0.15, 0.2) is 30.5 Å². The molecule has 2 N–H and O–H groups in total. The number of nitrogens with zero attached hydrogens (tertiary/aromatic N) is 3. The van der Waals surface area contributed by atoms with E-state index in [2.05, 4.69) is 35.9 Å². The van der Waals surface area contributed by atoms with Crippen molar-refractivity contribution in [3.8, 4) is 0 Å². The summed E-state index contributed by atoms with van der Waals surface area (Å²) in [5, 5.41) is 1.02. The highest BCUT2D eigenvalue weighted by Crippen LogP contribution is 2.28. The summed E-state index contributed by atoms with van der Waals surface area (Å²) in [6.45, 7) is 1.97. The molecule has 1 heterocycles. The standard InChI is InChI=1S/C14H20N4/c1-17(2)9-10-18(3)13-7-6-12(15)11-5-4-8-16-14(11)13/h4-8H,9-10,15H2,1-3H3. The van der Waals surface area contributed by atoms with E-state index in [-0.39, 0.29) is 0 Å². The van der Waals surface area contributed by atoms with Crippen molar-refractivity contribution < 1.29 is 0 Å². The minimum atomic E-state index is 0.780. The fraction of sp³-hybridized carbons (Fsp3) is 0.357. The summed E-state index contributed by atoms with van der Waals surface area (Å²) in [6, 6.07) is 7.93. The van der Waals surface area contributed by atoms with Crippen LogP contribution >= 0.6 is 0 Å². The summed E-state index contributed by atoms with van der Waals surface area (Å²) in [6.07, 6.45) is 1.81. The van der Waals surface area contributed by atoms with E-state index in [4.69, 9.17) is 5.73 Å². The third-order valence-electron chi connectivity index (χ3n) is 3.08. The second-order valence-electron chi connectivity index (χ2n) is 4.80. The van der Waals surface area contributed by atoms with E-state index in [1.54, 1.807) is 0 Å². The highest BCUT2D eigenvalue weighted by molar-refractivity contribution is 5.98. The van der Waals surface area contributed by atoms with Crippen molar-refractivity contribution in [3.05, 3.63) is 30.5 Å². The number of fused-ring (bicyclic) bond motifs is 1. The van der Waals surface area contributed by atoms with Gasteiger partial charge in [-0.2, -0.15) is 0 Å². The number of nitrogen functional groups attached to an aromatic ring is 1. The second kappa shape index (κ2) is 5.23. The number of benzene rings is 1. The van der Waals surface area contributed by atoms with Crippen molar-refractivity contribution in [2.24, 2.45) is 0 Å². The molecule has 2 aromatic rings. The average molecular weight is 244 g/mol. The minimum Gasteiger partial charge on any atom is -0.398 e. The molecule has 0 fully saturated rings. The number of aromatic nitrogens is 1. The molecule has 1 aromatic heterocycles. The van der Waals surface area contributed by atoms with Crippen LogP contribution in [-0.4, -0.2) is 44.1 Å². The molecule has 0 bridgehead atoms. The summed E-state index contributed by atoms with van der Waals surface area (Å²) < 4.78 is 0. The Labute approximate surface area is 108 Å². The van der Waals surface area contributed by atoms with Crippen LogP contribution in [0.2, 0.25) is 0 Å². The third kappa shape index (κ3) is 2.54. The van der Waals surface area contributed by atoms with Crippen molar-refractivity contribution in [1.29, 1.82) is 0 Å². The van der Waals surface area contributed by atoms with Gasteiger partial charge < -0.3 is 15.5 Å².